The number of thiophene rings is 1. The Morgan fingerprint density at radius 1 is 1.37 bits per heavy atom. The van der Waals surface area contributed by atoms with Crippen LogP contribution in [0, 0.1) is 13.8 Å². The molecule has 8 N–H and O–H groups in total. The average molecular weight is 458 g/mol. The zero-order valence-electron chi connectivity index (χ0n) is 16.3. The van der Waals surface area contributed by atoms with Gasteiger partial charge in [-0.25, -0.2) is 9.78 Å². The number of aromatic nitrogens is 2. The lowest BCUT2D eigenvalue weighted by Gasteiger charge is -2.14. The molecule has 30 heavy (non-hydrogen) atoms. The minimum Gasteiger partial charge on any atom is -0.480 e. The molecule has 0 bridgehead atoms. The van der Waals surface area contributed by atoms with Crippen molar-refractivity contribution in [1.82, 2.24) is 15.3 Å². The second-order valence-corrected chi connectivity index (χ2v) is 8.85. The third-order valence-electron chi connectivity index (χ3n) is 3.88. The van der Waals surface area contributed by atoms with E-state index >= 15 is 0 Å². The number of carbonyl (C=O) groups excluding carboxylic acids is 1. The van der Waals surface area contributed by atoms with Crippen LogP contribution in [0.1, 0.15) is 34.0 Å². The van der Waals surface area contributed by atoms with Crippen molar-refractivity contribution in [3.63, 3.8) is 0 Å². The number of carboxylic acids is 1. The van der Waals surface area contributed by atoms with Crippen LogP contribution >= 0.6 is 11.3 Å². The van der Waals surface area contributed by atoms with E-state index in [0.717, 1.165) is 11.3 Å². The smallest absolute Gasteiger partial charge is 0.326 e. The summed E-state index contributed by atoms with van der Waals surface area (Å²) in [5.41, 5.74) is 10.8. The van der Waals surface area contributed by atoms with Gasteiger partial charge in [-0.1, -0.05) is 0 Å². The van der Waals surface area contributed by atoms with Gasteiger partial charge in [0.2, 0.25) is 0 Å². The van der Waals surface area contributed by atoms with Gasteiger partial charge in [-0.2, -0.15) is 8.42 Å². The van der Waals surface area contributed by atoms with Gasteiger partial charge in [0.1, 0.15) is 16.7 Å². The standard InChI is InChI=1S/C16H23N7O5S2/c1-8-14(21-9(2)20-8)30(27,28)23-10-5-7-29-12(10)13(24)22-11(15(25)26)4-3-6-19-16(17)18/h5,7,11,23H,3-4,6H2,1-2H3,(H,20,21)(H,22,24)(H,25,26)(H4,17,18,19)/t11-/m0/s1. The molecule has 14 heteroatoms. The quantitative estimate of drug-likeness (QED) is 0.164. The molecule has 2 rings (SSSR count). The molecule has 1 amide bonds. The number of hydrogen-bond donors (Lipinski definition) is 6. The van der Waals surface area contributed by atoms with Crippen molar-refractivity contribution in [2.75, 3.05) is 11.3 Å². The molecule has 0 saturated carbocycles. The number of hydrogen-bond acceptors (Lipinski definition) is 7. The maximum atomic E-state index is 12.6. The van der Waals surface area contributed by atoms with E-state index < -0.39 is 27.9 Å². The molecule has 0 aromatic carbocycles. The molecule has 0 unspecified atom stereocenters. The van der Waals surface area contributed by atoms with Crippen molar-refractivity contribution in [3.8, 4) is 0 Å². The molecule has 0 radical (unpaired) electrons. The minimum atomic E-state index is -4.04. The number of aromatic amines is 1. The maximum Gasteiger partial charge on any atom is 0.326 e. The molecule has 1 atom stereocenters. The van der Waals surface area contributed by atoms with Crippen molar-refractivity contribution in [2.24, 2.45) is 16.5 Å². The molecule has 2 aromatic rings. The first kappa shape index (κ1) is 23.2. The number of rotatable bonds is 10. The predicted molar refractivity (Wildman–Crippen MR) is 112 cm³/mol. The van der Waals surface area contributed by atoms with E-state index in [2.05, 4.69) is 25.0 Å². The van der Waals surface area contributed by atoms with Gasteiger partial charge in [-0.15, -0.1) is 11.3 Å². The lowest BCUT2D eigenvalue weighted by molar-refractivity contribution is -0.139. The van der Waals surface area contributed by atoms with Crippen LogP contribution in [0.4, 0.5) is 5.69 Å². The van der Waals surface area contributed by atoms with Crippen molar-refractivity contribution >= 4 is 44.9 Å². The van der Waals surface area contributed by atoms with Crippen LogP contribution in [-0.2, 0) is 14.8 Å². The van der Waals surface area contributed by atoms with Crippen LogP contribution in [-0.4, -0.2) is 53.9 Å². The number of imidazole rings is 1. The van der Waals surface area contributed by atoms with E-state index in [4.69, 9.17) is 11.5 Å². The van der Waals surface area contributed by atoms with E-state index in [0.29, 0.717) is 17.9 Å². The van der Waals surface area contributed by atoms with Gasteiger partial charge in [-0.3, -0.25) is 14.5 Å². The average Bonchev–Trinajstić information content (AvgIpc) is 3.22. The summed E-state index contributed by atoms with van der Waals surface area (Å²) in [4.78, 5) is 34.6. The third-order valence-corrected chi connectivity index (χ3v) is 6.19. The van der Waals surface area contributed by atoms with Crippen LogP contribution < -0.4 is 21.5 Å². The summed E-state index contributed by atoms with van der Waals surface area (Å²) in [6.07, 6.45) is 0.424. The van der Waals surface area contributed by atoms with Gasteiger partial charge < -0.3 is 26.9 Å². The highest BCUT2D eigenvalue weighted by molar-refractivity contribution is 7.92. The zero-order chi connectivity index (χ0) is 22.5. The maximum absolute atomic E-state index is 12.6. The summed E-state index contributed by atoms with van der Waals surface area (Å²) < 4.78 is 27.6. The summed E-state index contributed by atoms with van der Waals surface area (Å²) in [5.74, 6) is -1.62. The number of nitrogens with zero attached hydrogens (tertiary/aromatic N) is 2. The third kappa shape index (κ3) is 5.93. The largest absolute Gasteiger partial charge is 0.480 e. The zero-order valence-corrected chi connectivity index (χ0v) is 17.9. The highest BCUT2D eigenvalue weighted by Gasteiger charge is 2.26. The molecule has 0 aliphatic carbocycles. The second-order valence-electron chi connectivity index (χ2n) is 6.33. The van der Waals surface area contributed by atoms with E-state index in [-0.39, 0.29) is 34.5 Å². The topological polar surface area (TPSA) is 206 Å². The fourth-order valence-electron chi connectivity index (χ4n) is 2.59. The van der Waals surface area contributed by atoms with Gasteiger partial charge in [-0.05, 0) is 38.1 Å². The highest BCUT2D eigenvalue weighted by Crippen LogP contribution is 2.26. The SMILES string of the molecule is Cc1nc(S(=O)(=O)Nc2ccsc2C(=O)N[C@@H](CCCN=C(N)N)C(=O)O)c(C)[nH]1. The van der Waals surface area contributed by atoms with E-state index in [9.17, 15) is 23.1 Å². The number of amides is 1. The van der Waals surface area contributed by atoms with Gasteiger partial charge in [0.25, 0.3) is 15.9 Å². The molecular formula is C16H23N7O5S2. The lowest BCUT2D eigenvalue weighted by Crippen LogP contribution is -2.40. The highest BCUT2D eigenvalue weighted by atomic mass is 32.2. The van der Waals surface area contributed by atoms with E-state index in [1.807, 2.05) is 0 Å². The molecular weight excluding hydrogens is 434 g/mol. The van der Waals surface area contributed by atoms with Gasteiger partial charge >= 0.3 is 5.97 Å². The van der Waals surface area contributed by atoms with Crippen LogP contribution in [0.15, 0.2) is 21.5 Å². The number of guanidine groups is 1. The molecule has 0 aliphatic rings. The first-order chi connectivity index (χ1) is 14.0. The van der Waals surface area contributed by atoms with Gasteiger partial charge in [0.15, 0.2) is 11.0 Å². The summed E-state index contributed by atoms with van der Waals surface area (Å²) in [6, 6.07) is 0.231. The number of nitrogens with two attached hydrogens (primary N) is 2. The molecule has 12 nitrogen and oxygen atoms in total. The normalized spacial score (nSPS) is 12.2. The number of nitrogens with one attached hydrogen (secondary N) is 3. The van der Waals surface area contributed by atoms with Crippen molar-refractivity contribution in [2.45, 2.75) is 37.8 Å². The van der Waals surface area contributed by atoms with Gasteiger partial charge in [0, 0.05) is 6.54 Å². The number of carbonyl (C=O) groups is 2. The Kier molecular flexibility index (Phi) is 7.39. The number of aryl methyl sites for hydroxylation is 2. The Labute approximate surface area is 176 Å². The lowest BCUT2D eigenvalue weighted by atomic mass is 10.1. The summed E-state index contributed by atoms with van der Waals surface area (Å²) in [7, 11) is -4.04. The van der Waals surface area contributed by atoms with Crippen LogP contribution in [0.2, 0.25) is 0 Å². The molecule has 2 heterocycles. The first-order valence-electron chi connectivity index (χ1n) is 8.74. The Morgan fingerprint density at radius 3 is 2.63 bits per heavy atom. The Balaban J connectivity index is 2.12. The minimum absolute atomic E-state index is 0.0268. The number of aliphatic imine (C=N–C) groups is 1. The van der Waals surface area contributed by atoms with Gasteiger partial charge in [0.05, 0.1) is 11.4 Å². The molecule has 0 saturated heterocycles. The van der Waals surface area contributed by atoms with Crippen LogP contribution in [0.5, 0.6) is 0 Å². The number of H-pyrrole nitrogens is 1. The summed E-state index contributed by atoms with van der Waals surface area (Å²) >= 11 is 0.974. The van der Waals surface area contributed by atoms with E-state index in [1.54, 1.807) is 13.8 Å². The number of aliphatic carboxylic acids is 1. The van der Waals surface area contributed by atoms with Crippen molar-refractivity contribution in [3.05, 3.63) is 27.8 Å². The van der Waals surface area contributed by atoms with Crippen LogP contribution in [0.3, 0.4) is 0 Å². The Bertz CT molecular complexity index is 1050. The monoisotopic (exact) mass is 457 g/mol. The summed E-state index contributed by atoms with van der Waals surface area (Å²) in [5, 5.41) is 13.1. The number of sulfonamides is 1. The molecule has 164 valence electrons. The number of anilines is 1. The fraction of sp³-hybridized carbons (Fsp3) is 0.375. The molecule has 2 aromatic heterocycles. The molecule has 0 aliphatic heterocycles. The van der Waals surface area contributed by atoms with Crippen molar-refractivity contribution in [1.29, 1.82) is 0 Å². The van der Waals surface area contributed by atoms with E-state index in [1.165, 1.54) is 11.4 Å². The first-order valence-corrected chi connectivity index (χ1v) is 11.1. The molecule has 0 fully saturated rings. The Hall–Kier alpha value is -3.13. The Morgan fingerprint density at radius 2 is 2.07 bits per heavy atom. The fourth-order valence-corrected chi connectivity index (χ4v) is 4.68. The summed E-state index contributed by atoms with van der Waals surface area (Å²) in [6.45, 7) is 3.40. The predicted octanol–water partition coefficient (Wildman–Crippen LogP) is 0.125. The molecule has 0 spiro atoms. The second kappa shape index (κ2) is 9.58. The van der Waals surface area contributed by atoms with Crippen molar-refractivity contribution < 1.29 is 23.1 Å². The number of carboxylic acid groups (broad SMARTS) is 1. The van der Waals surface area contributed by atoms with Crippen LogP contribution in [0.25, 0.3) is 0 Å².